The Morgan fingerprint density at radius 2 is 2.07 bits per heavy atom. The van der Waals surface area contributed by atoms with Gasteiger partial charge in [-0.3, -0.25) is 0 Å². The minimum Gasteiger partial charge on any atom is -0.357 e. The van der Waals surface area contributed by atoms with Crippen molar-refractivity contribution in [1.29, 1.82) is 0 Å². The Morgan fingerprint density at radius 3 is 2.93 bits per heavy atom. The third-order valence-corrected chi connectivity index (χ3v) is 2.74. The zero-order valence-electron chi connectivity index (χ0n) is 8.49. The Bertz CT molecular complexity index is 520. The molecule has 0 atom stereocenters. The zero-order chi connectivity index (χ0) is 10.3. The van der Waals surface area contributed by atoms with Gasteiger partial charge in [0.25, 0.3) is 0 Å². The van der Waals surface area contributed by atoms with Crippen LogP contribution >= 0.6 is 0 Å². The predicted octanol–water partition coefficient (Wildman–Crippen LogP) is 2.09. The maximum Gasteiger partial charge on any atom is 0.222 e. The van der Waals surface area contributed by atoms with Crippen LogP contribution in [0, 0.1) is 0 Å². The molecule has 1 N–H and O–H groups in total. The second-order valence-corrected chi connectivity index (χ2v) is 3.65. The van der Waals surface area contributed by atoms with Crippen LogP contribution in [0.5, 0.6) is 0 Å². The average molecular weight is 197 g/mol. The van der Waals surface area contributed by atoms with Gasteiger partial charge in [0.1, 0.15) is 0 Å². The van der Waals surface area contributed by atoms with Gasteiger partial charge in [-0.1, -0.05) is 24.3 Å². The van der Waals surface area contributed by atoms with Crippen molar-refractivity contribution in [3.8, 4) is 11.3 Å². The first-order valence-electron chi connectivity index (χ1n) is 5.00. The molecule has 2 aromatic rings. The standard InChI is InChI=1S/C12H11N3/c1-13-12-14-7-9-6-8-4-2-3-5-10(8)11(9)15-12/h2-5,7H,6H2,1H3,(H,13,14,15). The van der Waals surface area contributed by atoms with E-state index >= 15 is 0 Å². The summed E-state index contributed by atoms with van der Waals surface area (Å²) in [6.45, 7) is 0. The molecule has 15 heavy (non-hydrogen) atoms. The van der Waals surface area contributed by atoms with E-state index in [0.29, 0.717) is 5.95 Å². The lowest BCUT2D eigenvalue weighted by molar-refractivity contribution is 1.11. The molecule has 0 aliphatic heterocycles. The number of hydrogen-bond acceptors (Lipinski definition) is 3. The van der Waals surface area contributed by atoms with Crippen LogP contribution in [0.25, 0.3) is 11.3 Å². The molecule has 74 valence electrons. The van der Waals surface area contributed by atoms with E-state index in [4.69, 9.17) is 0 Å². The highest BCUT2D eigenvalue weighted by molar-refractivity contribution is 5.73. The molecular formula is C12H11N3. The second kappa shape index (κ2) is 3.05. The minimum atomic E-state index is 0.686. The molecule has 0 fully saturated rings. The van der Waals surface area contributed by atoms with E-state index in [1.165, 1.54) is 16.7 Å². The summed E-state index contributed by atoms with van der Waals surface area (Å²) in [6, 6.07) is 8.38. The number of hydrogen-bond donors (Lipinski definition) is 1. The van der Waals surface area contributed by atoms with Crippen LogP contribution in [-0.2, 0) is 6.42 Å². The molecule has 3 rings (SSSR count). The maximum atomic E-state index is 4.49. The van der Waals surface area contributed by atoms with Crippen LogP contribution in [0.4, 0.5) is 5.95 Å². The van der Waals surface area contributed by atoms with Gasteiger partial charge in [0.05, 0.1) is 5.69 Å². The largest absolute Gasteiger partial charge is 0.357 e. The first kappa shape index (κ1) is 8.41. The molecule has 1 aromatic carbocycles. The molecule has 0 unspecified atom stereocenters. The highest BCUT2D eigenvalue weighted by Crippen LogP contribution is 2.34. The van der Waals surface area contributed by atoms with Crippen molar-refractivity contribution in [2.24, 2.45) is 0 Å². The van der Waals surface area contributed by atoms with E-state index in [0.717, 1.165) is 12.1 Å². The summed E-state index contributed by atoms with van der Waals surface area (Å²) in [4.78, 5) is 8.72. The van der Waals surface area contributed by atoms with E-state index in [1.807, 2.05) is 13.2 Å². The summed E-state index contributed by atoms with van der Waals surface area (Å²) in [5.41, 5.74) is 4.88. The number of anilines is 1. The van der Waals surface area contributed by atoms with E-state index < -0.39 is 0 Å². The lowest BCUT2D eigenvalue weighted by atomic mass is 10.1. The third-order valence-electron chi connectivity index (χ3n) is 2.74. The average Bonchev–Trinajstić information content (AvgIpc) is 2.66. The zero-order valence-corrected chi connectivity index (χ0v) is 8.49. The smallest absolute Gasteiger partial charge is 0.222 e. The Kier molecular flexibility index (Phi) is 1.71. The van der Waals surface area contributed by atoms with Crippen LogP contribution in [0.2, 0.25) is 0 Å². The van der Waals surface area contributed by atoms with Gasteiger partial charge in [-0.25, -0.2) is 9.97 Å². The van der Waals surface area contributed by atoms with Gasteiger partial charge in [0.2, 0.25) is 5.95 Å². The van der Waals surface area contributed by atoms with Gasteiger partial charge in [-0.15, -0.1) is 0 Å². The Labute approximate surface area is 88.2 Å². The molecule has 0 saturated carbocycles. The SMILES string of the molecule is CNc1ncc2c(n1)-c1ccccc1C2. The summed E-state index contributed by atoms with van der Waals surface area (Å²) in [5, 5.41) is 2.97. The Hall–Kier alpha value is -1.90. The van der Waals surface area contributed by atoms with Gasteiger partial charge in [0.15, 0.2) is 0 Å². The van der Waals surface area contributed by atoms with Crippen molar-refractivity contribution >= 4 is 5.95 Å². The summed E-state index contributed by atoms with van der Waals surface area (Å²) in [5.74, 6) is 0.686. The van der Waals surface area contributed by atoms with Crippen molar-refractivity contribution < 1.29 is 0 Å². The quantitative estimate of drug-likeness (QED) is 0.649. The van der Waals surface area contributed by atoms with Gasteiger partial charge in [0, 0.05) is 30.8 Å². The number of nitrogens with one attached hydrogen (secondary N) is 1. The molecule has 3 heteroatoms. The van der Waals surface area contributed by atoms with Crippen LogP contribution in [-0.4, -0.2) is 17.0 Å². The fourth-order valence-corrected chi connectivity index (χ4v) is 2.00. The van der Waals surface area contributed by atoms with Crippen LogP contribution in [0.1, 0.15) is 11.1 Å². The lowest BCUT2D eigenvalue weighted by Gasteiger charge is -2.02. The predicted molar refractivity (Wildman–Crippen MR) is 59.8 cm³/mol. The molecule has 1 aliphatic rings. The highest BCUT2D eigenvalue weighted by atomic mass is 15.1. The van der Waals surface area contributed by atoms with Gasteiger partial charge < -0.3 is 5.32 Å². The highest BCUT2D eigenvalue weighted by Gasteiger charge is 2.19. The van der Waals surface area contributed by atoms with Crippen molar-refractivity contribution in [2.75, 3.05) is 12.4 Å². The molecule has 1 aliphatic carbocycles. The molecule has 3 nitrogen and oxygen atoms in total. The lowest BCUT2D eigenvalue weighted by Crippen LogP contribution is -1.97. The molecule has 0 bridgehead atoms. The second-order valence-electron chi connectivity index (χ2n) is 3.65. The molecule has 0 amide bonds. The Morgan fingerprint density at radius 1 is 1.20 bits per heavy atom. The van der Waals surface area contributed by atoms with Gasteiger partial charge in [-0.05, 0) is 5.56 Å². The van der Waals surface area contributed by atoms with Crippen molar-refractivity contribution in [3.63, 3.8) is 0 Å². The summed E-state index contributed by atoms with van der Waals surface area (Å²) >= 11 is 0. The molecule has 0 saturated heterocycles. The molecule has 0 spiro atoms. The molecule has 0 radical (unpaired) electrons. The first-order valence-corrected chi connectivity index (χ1v) is 5.00. The van der Waals surface area contributed by atoms with Crippen LogP contribution in [0.15, 0.2) is 30.5 Å². The molecule has 1 heterocycles. The van der Waals surface area contributed by atoms with Crippen molar-refractivity contribution in [2.45, 2.75) is 6.42 Å². The summed E-state index contributed by atoms with van der Waals surface area (Å²) in [7, 11) is 1.84. The monoisotopic (exact) mass is 197 g/mol. The fourth-order valence-electron chi connectivity index (χ4n) is 2.00. The third kappa shape index (κ3) is 1.20. The van der Waals surface area contributed by atoms with Crippen molar-refractivity contribution in [1.82, 2.24) is 9.97 Å². The minimum absolute atomic E-state index is 0.686. The van der Waals surface area contributed by atoms with E-state index in [9.17, 15) is 0 Å². The number of benzene rings is 1. The van der Waals surface area contributed by atoms with Crippen LogP contribution < -0.4 is 5.32 Å². The fraction of sp³-hybridized carbons (Fsp3) is 0.167. The van der Waals surface area contributed by atoms with Crippen LogP contribution in [0.3, 0.4) is 0 Å². The number of nitrogens with zero attached hydrogens (tertiary/aromatic N) is 2. The van der Waals surface area contributed by atoms with Gasteiger partial charge >= 0.3 is 0 Å². The maximum absolute atomic E-state index is 4.49. The first-order chi connectivity index (χ1) is 7.38. The van der Waals surface area contributed by atoms with Gasteiger partial charge in [-0.2, -0.15) is 0 Å². The summed E-state index contributed by atoms with van der Waals surface area (Å²) < 4.78 is 0. The number of rotatable bonds is 1. The summed E-state index contributed by atoms with van der Waals surface area (Å²) in [6.07, 6.45) is 2.86. The number of fused-ring (bicyclic) bond motifs is 3. The number of aromatic nitrogens is 2. The normalized spacial score (nSPS) is 12.1. The van der Waals surface area contributed by atoms with E-state index in [1.54, 1.807) is 0 Å². The van der Waals surface area contributed by atoms with E-state index in [2.05, 4.69) is 39.6 Å². The van der Waals surface area contributed by atoms with Crippen molar-refractivity contribution in [3.05, 3.63) is 41.6 Å². The topological polar surface area (TPSA) is 37.8 Å². The Balaban J connectivity index is 2.22. The molecule has 1 aromatic heterocycles. The van der Waals surface area contributed by atoms with E-state index in [-0.39, 0.29) is 0 Å². The molecular weight excluding hydrogens is 186 g/mol.